The molecule has 0 aliphatic heterocycles. The lowest BCUT2D eigenvalue weighted by molar-refractivity contribution is -0.122. The molecule has 0 aromatic rings. The van der Waals surface area contributed by atoms with Crippen molar-refractivity contribution < 1.29 is 9.90 Å². The first kappa shape index (κ1) is 7.60. The van der Waals surface area contributed by atoms with Gasteiger partial charge in [-0.25, -0.2) is 0 Å². The average molecular weight is 178 g/mol. The summed E-state index contributed by atoms with van der Waals surface area (Å²) < 4.78 is 0. The zero-order chi connectivity index (χ0) is 9.00. The summed E-state index contributed by atoms with van der Waals surface area (Å²) >= 11 is 0. The summed E-state index contributed by atoms with van der Waals surface area (Å²) in [5.41, 5.74) is 0.725. The van der Waals surface area contributed by atoms with E-state index in [2.05, 4.69) is 0 Å². The third-order valence-corrected chi connectivity index (χ3v) is 4.20. The van der Waals surface area contributed by atoms with Crippen LogP contribution in [0.5, 0.6) is 0 Å². The van der Waals surface area contributed by atoms with Crippen molar-refractivity contribution in [3.63, 3.8) is 0 Å². The first-order chi connectivity index (χ1) is 6.29. The van der Waals surface area contributed by atoms with Crippen LogP contribution in [0.2, 0.25) is 0 Å². The molecule has 2 nitrogen and oxygen atoms in total. The highest BCUT2D eigenvalue weighted by Gasteiger charge is 2.50. The molecule has 0 amide bonds. The SMILES string of the molecule is O=C1/C(=C/O)C2CC3CC(C2)C1C3. The van der Waals surface area contributed by atoms with Crippen LogP contribution in [-0.2, 0) is 4.79 Å². The van der Waals surface area contributed by atoms with Crippen molar-refractivity contribution in [1.29, 1.82) is 0 Å². The lowest BCUT2D eigenvalue weighted by atomic mass is 9.69. The van der Waals surface area contributed by atoms with E-state index in [1.54, 1.807) is 0 Å². The van der Waals surface area contributed by atoms with E-state index in [4.69, 9.17) is 5.11 Å². The highest BCUT2D eigenvalue weighted by atomic mass is 16.2. The molecule has 0 aromatic heterocycles. The first-order valence-electron chi connectivity index (χ1n) is 5.18. The van der Waals surface area contributed by atoms with Crippen molar-refractivity contribution in [2.75, 3.05) is 0 Å². The quantitative estimate of drug-likeness (QED) is 0.455. The number of rotatable bonds is 0. The molecule has 0 radical (unpaired) electrons. The Hall–Kier alpha value is -0.790. The van der Waals surface area contributed by atoms with Gasteiger partial charge in [-0.05, 0) is 43.4 Å². The third-order valence-electron chi connectivity index (χ3n) is 4.20. The summed E-state index contributed by atoms with van der Waals surface area (Å²) in [6.07, 6.45) is 5.73. The normalized spacial score (nSPS) is 50.5. The Balaban J connectivity index is 2.05. The van der Waals surface area contributed by atoms with E-state index in [1.165, 1.54) is 6.42 Å². The number of fused-ring (bicyclic) bond motifs is 2. The van der Waals surface area contributed by atoms with Crippen molar-refractivity contribution in [3.8, 4) is 0 Å². The van der Waals surface area contributed by atoms with Crippen LogP contribution < -0.4 is 0 Å². The number of hydrogen-bond donors (Lipinski definition) is 1. The van der Waals surface area contributed by atoms with E-state index in [9.17, 15) is 4.79 Å². The molecule has 3 fully saturated rings. The Morgan fingerprint density at radius 1 is 1.23 bits per heavy atom. The molecule has 2 heteroatoms. The van der Waals surface area contributed by atoms with Crippen LogP contribution in [0.4, 0.5) is 0 Å². The molecule has 0 heterocycles. The maximum absolute atomic E-state index is 11.8. The minimum atomic E-state index is 0.253. The van der Waals surface area contributed by atoms with E-state index in [-0.39, 0.29) is 11.7 Å². The number of hydrogen-bond acceptors (Lipinski definition) is 2. The molecule has 4 atom stereocenters. The Bertz CT molecular complexity index is 290. The van der Waals surface area contributed by atoms with Crippen molar-refractivity contribution >= 4 is 5.78 Å². The minimum Gasteiger partial charge on any atom is -0.515 e. The van der Waals surface area contributed by atoms with Crippen LogP contribution in [0.1, 0.15) is 25.7 Å². The summed E-state index contributed by atoms with van der Waals surface area (Å²) in [7, 11) is 0. The third kappa shape index (κ3) is 0.862. The number of ketones is 1. The molecular formula is C11H14O2. The van der Waals surface area contributed by atoms with E-state index in [0.29, 0.717) is 11.8 Å². The van der Waals surface area contributed by atoms with E-state index in [1.807, 2.05) is 0 Å². The smallest absolute Gasteiger partial charge is 0.165 e. The van der Waals surface area contributed by atoms with Crippen LogP contribution in [0.25, 0.3) is 0 Å². The second-order valence-electron chi connectivity index (χ2n) is 4.82. The maximum Gasteiger partial charge on any atom is 0.165 e. The molecule has 3 saturated carbocycles. The molecule has 0 saturated heterocycles. The Labute approximate surface area is 77.6 Å². The molecule has 3 bridgehead atoms. The van der Waals surface area contributed by atoms with Gasteiger partial charge in [0.15, 0.2) is 5.78 Å². The molecule has 3 rings (SSSR count). The monoisotopic (exact) mass is 178 g/mol. The molecule has 3 aliphatic carbocycles. The molecule has 0 spiro atoms. The molecule has 70 valence electrons. The van der Waals surface area contributed by atoms with Gasteiger partial charge in [0.25, 0.3) is 0 Å². The lowest BCUT2D eigenvalue weighted by Gasteiger charge is -2.34. The van der Waals surface area contributed by atoms with E-state index >= 15 is 0 Å². The van der Waals surface area contributed by atoms with Crippen molar-refractivity contribution in [2.24, 2.45) is 23.7 Å². The van der Waals surface area contributed by atoms with E-state index in [0.717, 1.165) is 37.0 Å². The fraction of sp³-hybridized carbons (Fsp3) is 0.727. The second-order valence-corrected chi connectivity index (χ2v) is 4.82. The summed E-state index contributed by atoms with van der Waals surface area (Å²) in [5.74, 6) is 2.33. The molecule has 0 aromatic carbocycles. The van der Waals surface area contributed by atoms with Crippen molar-refractivity contribution in [1.82, 2.24) is 0 Å². The fourth-order valence-electron chi connectivity index (χ4n) is 3.72. The fourth-order valence-corrected chi connectivity index (χ4v) is 3.72. The van der Waals surface area contributed by atoms with Gasteiger partial charge in [-0.2, -0.15) is 0 Å². The minimum absolute atomic E-state index is 0.253. The highest BCUT2D eigenvalue weighted by molar-refractivity contribution is 5.99. The van der Waals surface area contributed by atoms with Crippen molar-refractivity contribution in [2.45, 2.75) is 25.7 Å². The van der Waals surface area contributed by atoms with Gasteiger partial charge in [0.2, 0.25) is 0 Å². The number of aliphatic hydroxyl groups is 1. The molecule has 13 heavy (non-hydrogen) atoms. The zero-order valence-corrected chi connectivity index (χ0v) is 7.57. The topological polar surface area (TPSA) is 37.3 Å². The molecule has 4 unspecified atom stereocenters. The number of aliphatic hydroxyl groups excluding tert-OH is 1. The van der Waals surface area contributed by atoms with Gasteiger partial charge >= 0.3 is 0 Å². The van der Waals surface area contributed by atoms with Crippen molar-refractivity contribution in [3.05, 3.63) is 11.8 Å². The van der Waals surface area contributed by atoms with Crippen LogP contribution in [0.3, 0.4) is 0 Å². The van der Waals surface area contributed by atoms with Crippen LogP contribution in [-0.4, -0.2) is 10.9 Å². The van der Waals surface area contributed by atoms with Crippen LogP contribution in [0, 0.1) is 23.7 Å². The maximum atomic E-state index is 11.8. The summed E-state index contributed by atoms with van der Waals surface area (Å²) in [6.45, 7) is 0. The predicted octanol–water partition coefficient (Wildman–Crippen LogP) is 2.06. The zero-order valence-electron chi connectivity index (χ0n) is 7.57. The van der Waals surface area contributed by atoms with Crippen LogP contribution >= 0.6 is 0 Å². The Morgan fingerprint density at radius 3 is 2.85 bits per heavy atom. The lowest BCUT2D eigenvalue weighted by Crippen LogP contribution is -2.32. The van der Waals surface area contributed by atoms with Gasteiger partial charge in [-0.15, -0.1) is 0 Å². The van der Waals surface area contributed by atoms with Gasteiger partial charge in [0.05, 0.1) is 6.26 Å². The number of carbonyl (C=O) groups is 1. The first-order valence-corrected chi connectivity index (χ1v) is 5.18. The number of Topliss-reactive ketones (excluding diaryl/α,β-unsaturated/α-hetero) is 1. The van der Waals surface area contributed by atoms with Crippen LogP contribution in [0.15, 0.2) is 11.8 Å². The van der Waals surface area contributed by atoms with E-state index < -0.39 is 0 Å². The molecule has 3 aliphatic rings. The standard InChI is InChI=1S/C11H14O2/c12-5-10-8-2-6-1-7(4-8)9(3-6)11(10)13/h5-9,12H,1-4H2/b10-5+. The summed E-state index contributed by atoms with van der Waals surface area (Å²) in [6, 6.07) is 0. The predicted molar refractivity (Wildman–Crippen MR) is 48.1 cm³/mol. The molecular weight excluding hydrogens is 164 g/mol. The number of carbonyl (C=O) groups excluding carboxylic acids is 1. The molecule has 1 N–H and O–H groups in total. The number of allylic oxidation sites excluding steroid dienone is 1. The van der Waals surface area contributed by atoms with Gasteiger partial charge in [-0.1, -0.05) is 0 Å². The Morgan fingerprint density at radius 2 is 2.08 bits per heavy atom. The summed E-state index contributed by atoms with van der Waals surface area (Å²) in [4.78, 5) is 11.8. The van der Waals surface area contributed by atoms with Gasteiger partial charge in [0, 0.05) is 11.5 Å². The second kappa shape index (κ2) is 2.37. The highest BCUT2D eigenvalue weighted by Crippen LogP contribution is 2.55. The average Bonchev–Trinajstić information content (AvgIpc) is 2.36. The van der Waals surface area contributed by atoms with Gasteiger partial charge < -0.3 is 5.11 Å². The van der Waals surface area contributed by atoms with Gasteiger partial charge in [-0.3, -0.25) is 4.79 Å². The summed E-state index contributed by atoms with van der Waals surface area (Å²) in [5, 5.41) is 9.03. The van der Waals surface area contributed by atoms with Gasteiger partial charge in [0.1, 0.15) is 0 Å². The largest absolute Gasteiger partial charge is 0.515 e. The Kier molecular flexibility index (Phi) is 1.38.